The Morgan fingerprint density at radius 2 is 1.65 bits per heavy atom. The van der Waals surface area contributed by atoms with Crippen molar-refractivity contribution in [3.8, 4) is 0 Å². The van der Waals surface area contributed by atoms with E-state index in [4.69, 9.17) is 0 Å². The Kier molecular flexibility index (Phi) is 5.21. The zero-order valence-electron chi connectivity index (χ0n) is 13.5. The van der Waals surface area contributed by atoms with Gasteiger partial charge >= 0.3 is 0 Å². The number of benzene rings is 2. The lowest BCUT2D eigenvalue weighted by atomic mass is 10.0. The number of nitrogens with one attached hydrogen (secondary N) is 1. The van der Waals surface area contributed by atoms with E-state index >= 15 is 0 Å². The van der Waals surface area contributed by atoms with Gasteiger partial charge in [0.1, 0.15) is 5.75 Å². The van der Waals surface area contributed by atoms with Crippen molar-refractivity contribution in [1.82, 2.24) is 0 Å². The van der Waals surface area contributed by atoms with Crippen LogP contribution in [0.1, 0.15) is 30.9 Å². The topological polar surface area (TPSA) is 63.2 Å². The Bertz CT molecular complexity index is 793. The summed E-state index contributed by atoms with van der Waals surface area (Å²) in [7, 11) is -3.64. The third-order valence-electron chi connectivity index (χ3n) is 3.56. The molecule has 5 heteroatoms. The van der Waals surface area contributed by atoms with Crippen molar-refractivity contribution in [2.75, 3.05) is 11.1 Å². The number of carbonyl (C=O) groups is 1. The van der Waals surface area contributed by atoms with E-state index < -0.39 is 21.5 Å². The zero-order chi connectivity index (χ0) is 17.0. The Hall–Kier alpha value is -2.14. The first-order valence-electron chi connectivity index (χ1n) is 7.48. The summed E-state index contributed by atoms with van der Waals surface area (Å²) in [6.07, 6.45) is 0. The highest BCUT2D eigenvalue weighted by atomic mass is 32.2. The number of para-hydroxylation sites is 1. The summed E-state index contributed by atoms with van der Waals surface area (Å²) in [5, 5.41) is 2.71. The van der Waals surface area contributed by atoms with E-state index in [1.54, 1.807) is 18.2 Å². The molecule has 2 rings (SSSR count). The van der Waals surface area contributed by atoms with Gasteiger partial charge in [-0.2, -0.15) is 0 Å². The highest BCUT2D eigenvalue weighted by Crippen LogP contribution is 2.23. The van der Waals surface area contributed by atoms with E-state index in [1.807, 2.05) is 39.0 Å². The van der Waals surface area contributed by atoms with Crippen LogP contribution in [0.25, 0.3) is 0 Å². The monoisotopic (exact) mass is 331 g/mol. The summed E-state index contributed by atoms with van der Waals surface area (Å²) in [5.41, 5.74) is 2.61. The molecule has 0 saturated heterocycles. The predicted octanol–water partition coefficient (Wildman–Crippen LogP) is 3.53. The molecule has 0 radical (unpaired) electrons. The molecule has 0 aromatic heterocycles. The van der Waals surface area contributed by atoms with Gasteiger partial charge in [0, 0.05) is 5.69 Å². The van der Waals surface area contributed by atoms with Gasteiger partial charge in [0.2, 0.25) is 5.91 Å². The van der Waals surface area contributed by atoms with Gasteiger partial charge in [-0.1, -0.05) is 49.7 Å². The lowest BCUT2D eigenvalue weighted by Crippen LogP contribution is -2.23. The maximum atomic E-state index is 12.3. The van der Waals surface area contributed by atoms with Crippen LogP contribution in [0.5, 0.6) is 0 Å². The van der Waals surface area contributed by atoms with E-state index in [1.165, 1.54) is 12.1 Å². The number of aryl methyl sites for hydroxylation is 1. The van der Waals surface area contributed by atoms with Crippen molar-refractivity contribution >= 4 is 21.4 Å². The third-order valence-corrected chi connectivity index (χ3v) is 5.19. The van der Waals surface area contributed by atoms with Gasteiger partial charge in [0.05, 0.1) is 4.90 Å². The Morgan fingerprint density at radius 1 is 1.04 bits per heavy atom. The molecule has 2 aromatic rings. The smallest absolute Gasteiger partial charge is 0.239 e. The average Bonchev–Trinajstić information content (AvgIpc) is 2.47. The summed E-state index contributed by atoms with van der Waals surface area (Å²) in [6.45, 7) is 5.92. The molecule has 0 spiro atoms. The summed E-state index contributed by atoms with van der Waals surface area (Å²) in [4.78, 5) is 12.3. The van der Waals surface area contributed by atoms with Crippen molar-refractivity contribution in [2.24, 2.45) is 0 Å². The second-order valence-corrected chi connectivity index (χ2v) is 7.85. The van der Waals surface area contributed by atoms with Crippen LogP contribution in [-0.2, 0) is 14.6 Å². The van der Waals surface area contributed by atoms with Crippen molar-refractivity contribution in [3.63, 3.8) is 0 Å². The molecular weight excluding hydrogens is 310 g/mol. The maximum Gasteiger partial charge on any atom is 0.239 e. The fourth-order valence-electron chi connectivity index (χ4n) is 2.30. The van der Waals surface area contributed by atoms with E-state index in [-0.39, 0.29) is 10.8 Å². The molecule has 0 saturated carbocycles. The Morgan fingerprint density at radius 3 is 2.26 bits per heavy atom. The quantitative estimate of drug-likeness (QED) is 0.911. The molecule has 0 unspecified atom stereocenters. The standard InChI is InChI=1S/C18H21NO3S/c1-13(2)16-6-4-5-7-17(16)19-18(20)12-23(21,22)15-10-8-14(3)9-11-15/h4-11,13H,12H2,1-3H3,(H,19,20). The third kappa shape index (κ3) is 4.42. The van der Waals surface area contributed by atoms with Crippen molar-refractivity contribution in [2.45, 2.75) is 31.6 Å². The Labute approximate surface area is 137 Å². The molecule has 1 N–H and O–H groups in total. The van der Waals surface area contributed by atoms with E-state index in [0.29, 0.717) is 5.69 Å². The Balaban J connectivity index is 2.15. The molecule has 0 aliphatic heterocycles. The molecular formula is C18H21NO3S. The minimum atomic E-state index is -3.64. The van der Waals surface area contributed by atoms with Crippen LogP contribution in [0.3, 0.4) is 0 Å². The van der Waals surface area contributed by atoms with E-state index in [0.717, 1.165) is 11.1 Å². The normalized spacial score (nSPS) is 11.5. The fraction of sp³-hybridized carbons (Fsp3) is 0.278. The number of anilines is 1. The highest BCUT2D eigenvalue weighted by molar-refractivity contribution is 7.92. The summed E-state index contributed by atoms with van der Waals surface area (Å²) >= 11 is 0. The van der Waals surface area contributed by atoms with E-state index in [9.17, 15) is 13.2 Å². The maximum absolute atomic E-state index is 12.3. The van der Waals surface area contributed by atoms with Crippen LogP contribution >= 0.6 is 0 Å². The molecule has 23 heavy (non-hydrogen) atoms. The van der Waals surface area contributed by atoms with Crippen LogP contribution in [0.2, 0.25) is 0 Å². The van der Waals surface area contributed by atoms with Crippen LogP contribution < -0.4 is 5.32 Å². The van der Waals surface area contributed by atoms with Gasteiger partial charge in [0.15, 0.2) is 9.84 Å². The average molecular weight is 331 g/mol. The molecule has 0 heterocycles. The molecule has 0 aliphatic carbocycles. The molecule has 4 nitrogen and oxygen atoms in total. The van der Waals surface area contributed by atoms with Gasteiger partial charge in [-0.25, -0.2) is 8.42 Å². The second kappa shape index (κ2) is 6.96. The molecule has 0 fully saturated rings. The van der Waals surface area contributed by atoms with Crippen LogP contribution in [0.15, 0.2) is 53.4 Å². The zero-order valence-corrected chi connectivity index (χ0v) is 14.4. The molecule has 122 valence electrons. The first-order valence-corrected chi connectivity index (χ1v) is 9.13. The minimum Gasteiger partial charge on any atom is -0.325 e. The summed E-state index contributed by atoms with van der Waals surface area (Å²) in [6, 6.07) is 13.9. The number of amides is 1. The van der Waals surface area contributed by atoms with Gasteiger partial charge in [-0.15, -0.1) is 0 Å². The lowest BCUT2D eigenvalue weighted by Gasteiger charge is -2.13. The fourth-order valence-corrected chi connectivity index (χ4v) is 3.44. The van der Waals surface area contributed by atoms with Gasteiger partial charge in [0.25, 0.3) is 0 Å². The van der Waals surface area contributed by atoms with Crippen molar-refractivity contribution in [1.29, 1.82) is 0 Å². The predicted molar refractivity (Wildman–Crippen MR) is 92.4 cm³/mol. The van der Waals surface area contributed by atoms with Crippen LogP contribution in [-0.4, -0.2) is 20.1 Å². The molecule has 2 aromatic carbocycles. The number of rotatable bonds is 5. The first kappa shape index (κ1) is 17.2. The highest BCUT2D eigenvalue weighted by Gasteiger charge is 2.20. The van der Waals surface area contributed by atoms with Crippen molar-refractivity contribution < 1.29 is 13.2 Å². The number of carbonyl (C=O) groups excluding carboxylic acids is 1. The number of hydrogen-bond acceptors (Lipinski definition) is 3. The SMILES string of the molecule is Cc1ccc(S(=O)(=O)CC(=O)Nc2ccccc2C(C)C)cc1. The van der Waals surface area contributed by atoms with E-state index in [2.05, 4.69) is 5.32 Å². The molecule has 0 bridgehead atoms. The molecule has 1 amide bonds. The molecule has 0 aliphatic rings. The summed E-state index contributed by atoms with van der Waals surface area (Å²) in [5.74, 6) is -0.860. The number of hydrogen-bond donors (Lipinski definition) is 1. The first-order chi connectivity index (χ1) is 10.8. The van der Waals surface area contributed by atoms with Gasteiger partial charge < -0.3 is 5.32 Å². The van der Waals surface area contributed by atoms with Gasteiger partial charge in [-0.3, -0.25) is 4.79 Å². The largest absolute Gasteiger partial charge is 0.325 e. The lowest BCUT2D eigenvalue weighted by molar-refractivity contribution is -0.113. The van der Waals surface area contributed by atoms with Gasteiger partial charge in [-0.05, 0) is 36.6 Å². The van der Waals surface area contributed by atoms with Crippen LogP contribution in [0.4, 0.5) is 5.69 Å². The minimum absolute atomic E-state index is 0.162. The second-order valence-electron chi connectivity index (χ2n) is 5.86. The molecule has 0 atom stereocenters. The van der Waals surface area contributed by atoms with Crippen molar-refractivity contribution in [3.05, 3.63) is 59.7 Å². The summed E-state index contributed by atoms with van der Waals surface area (Å²) < 4.78 is 24.6. The van der Waals surface area contributed by atoms with Crippen LogP contribution in [0, 0.1) is 6.92 Å². The number of sulfone groups is 1.